The van der Waals surface area contributed by atoms with E-state index in [4.69, 9.17) is 0 Å². The zero-order valence-electron chi connectivity index (χ0n) is 11.8. The molecular formula is C16H12N2O4. The predicted octanol–water partition coefficient (Wildman–Crippen LogP) is 2.70. The van der Waals surface area contributed by atoms with Gasteiger partial charge in [-0.2, -0.15) is 0 Å². The van der Waals surface area contributed by atoms with Crippen LogP contribution < -0.4 is 0 Å². The lowest BCUT2D eigenvalue weighted by atomic mass is 10.1. The van der Waals surface area contributed by atoms with Crippen molar-refractivity contribution in [3.05, 3.63) is 74.8 Å². The van der Waals surface area contributed by atoms with Gasteiger partial charge < -0.3 is 0 Å². The second-order valence-corrected chi connectivity index (χ2v) is 5.08. The maximum atomic E-state index is 12.4. The first-order valence-electron chi connectivity index (χ1n) is 6.69. The lowest BCUT2D eigenvalue weighted by Crippen LogP contribution is -2.29. The number of imide groups is 1. The summed E-state index contributed by atoms with van der Waals surface area (Å²) < 4.78 is 0. The third kappa shape index (κ3) is 2.05. The van der Waals surface area contributed by atoms with E-state index in [-0.39, 0.29) is 23.4 Å². The van der Waals surface area contributed by atoms with Gasteiger partial charge in [-0.3, -0.25) is 24.6 Å². The van der Waals surface area contributed by atoms with E-state index in [2.05, 4.69) is 0 Å². The van der Waals surface area contributed by atoms with Gasteiger partial charge in [-0.05, 0) is 24.1 Å². The summed E-state index contributed by atoms with van der Waals surface area (Å²) in [6.07, 6.45) is 0. The maximum Gasteiger partial charge on any atom is 0.282 e. The number of amides is 2. The largest absolute Gasteiger partial charge is 0.282 e. The average molecular weight is 296 g/mol. The fourth-order valence-electron chi connectivity index (χ4n) is 2.57. The number of aryl methyl sites for hydroxylation is 1. The predicted molar refractivity (Wildman–Crippen MR) is 78.5 cm³/mol. The molecule has 6 nitrogen and oxygen atoms in total. The lowest BCUT2D eigenvalue weighted by Gasteiger charge is -2.15. The molecule has 0 bridgehead atoms. The SMILES string of the molecule is Cc1ccccc1CN1C(=O)c2cccc([N+](=O)[O-])c2C1=O. The quantitative estimate of drug-likeness (QED) is 0.495. The van der Waals surface area contributed by atoms with Crippen molar-refractivity contribution in [2.45, 2.75) is 13.5 Å². The molecule has 1 heterocycles. The monoisotopic (exact) mass is 296 g/mol. The van der Waals surface area contributed by atoms with Gasteiger partial charge in [0.25, 0.3) is 17.5 Å². The minimum absolute atomic E-state index is 0.0905. The van der Waals surface area contributed by atoms with Gasteiger partial charge in [0, 0.05) is 6.07 Å². The van der Waals surface area contributed by atoms with Crippen LogP contribution in [-0.4, -0.2) is 21.6 Å². The topological polar surface area (TPSA) is 80.5 Å². The molecule has 0 unspecified atom stereocenters. The fraction of sp³-hybridized carbons (Fsp3) is 0.125. The van der Waals surface area contributed by atoms with Crippen molar-refractivity contribution < 1.29 is 14.5 Å². The van der Waals surface area contributed by atoms with Crippen molar-refractivity contribution in [2.75, 3.05) is 0 Å². The molecule has 3 rings (SSSR count). The summed E-state index contributed by atoms with van der Waals surface area (Å²) in [4.78, 5) is 36.3. The Morgan fingerprint density at radius 1 is 1.05 bits per heavy atom. The molecule has 0 spiro atoms. The van der Waals surface area contributed by atoms with Crippen molar-refractivity contribution >= 4 is 17.5 Å². The third-order valence-electron chi connectivity index (χ3n) is 3.76. The third-order valence-corrected chi connectivity index (χ3v) is 3.76. The van der Waals surface area contributed by atoms with E-state index in [9.17, 15) is 19.7 Å². The highest BCUT2D eigenvalue weighted by molar-refractivity contribution is 6.23. The van der Waals surface area contributed by atoms with Gasteiger partial charge in [0.1, 0.15) is 5.56 Å². The Hall–Kier alpha value is -3.02. The molecule has 0 saturated heterocycles. The highest BCUT2D eigenvalue weighted by Gasteiger charge is 2.40. The minimum atomic E-state index is -0.638. The van der Waals surface area contributed by atoms with Crippen LogP contribution in [-0.2, 0) is 6.54 Å². The van der Waals surface area contributed by atoms with E-state index >= 15 is 0 Å². The molecule has 0 atom stereocenters. The summed E-state index contributed by atoms with van der Waals surface area (Å²) in [6.45, 7) is 1.99. The van der Waals surface area contributed by atoms with Crippen LogP contribution in [0.1, 0.15) is 31.8 Å². The van der Waals surface area contributed by atoms with Crippen LogP contribution in [0.4, 0.5) is 5.69 Å². The van der Waals surface area contributed by atoms with E-state index in [0.29, 0.717) is 0 Å². The summed E-state index contributed by atoms with van der Waals surface area (Å²) in [5.74, 6) is -1.11. The first-order chi connectivity index (χ1) is 10.5. The number of fused-ring (bicyclic) bond motifs is 1. The molecule has 0 saturated carbocycles. The molecule has 0 fully saturated rings. The smallest absolute Gasteiger partial charge is 0.270 e. The van der Waals surface area contributed by atoms with E-state index in [0.717, 1.165) is 16.0 Å². The number of carbonyl (C=O) groups is 2. The molecule has 1 aliphatic rings. The molecule has 22 heavy (non-hydrogen) atoms. The van der Waals surface area contributed by atoms with Gasteiger partial charge in [0.05, 0.1) is 17.0 Å². The molecule has 6 heteroatoms. The summed E-state index contributed by atoms with van der Waals surface area (Å²) in [6, 6.07) is 11.5. The van der Waals surface area contributed by atoms with Crippen LogP contribution in [0.2, 0.25) is 0 Å². The Bertz CT molecular complexity index is 814. The number of benzene rings is 2. The van der Waals surface area contributed by atoms with Gasteiger partial charge in [-0.15, -0.1) is 0 Å². The number of hydrogen-bond donors (Lipinski definition) is 0. The molecule has 2 amide bonds. The van der Waals surface area contributed by atoms with Gasteiger partial charge in [0.15, 0.2) is 0 Å². The van der Waals surface area contributed by atoms with Gasteiger partial charge in [-0.25, -0.2) is 0 Å². The molecular weight excluding hydrogens is 284 g/mol. The van der Waals surface area contributed by atoms with Gasteiger partial charge in [0.2, 0.25) is 0 Å². The Kier molecular flexibility index (Phi) is 3.21. The fourth-order valence-corrected chi connectivity index (χ4v) is 2.57. The zero-order valence-corrected chi connectivity index (χ0v) is 11.8. The van der Waals surface area contributed by atoms with Crippen LogP contribution in [0.25, 0.3) is 0 Å². The summed E-state index contributed by atoms with van der Waals surface area (Å²) in [7, 11) is 0. The number of nitro benzene ring substituents is 1. The molecule has 0 aromatic heterocycles. The molecule has 110 valence electrons. The van der Waals surface area contributed by atoms with E-state index in [1.54, 1.807) is 0 Å². The first-order valence-corrected chi connectivity index (χ1v) is 6.69. The van der Waals surface area contributed by atoms with E-state index in [1.807, 2.05) is 31.2 Å². The van der Waals surface area contributed by atoms with Crippen LogP contribution in [0.3, 0.4) is 0 Å². The number of nitro groups is 1. The summed E-state index contributed by atoms with van der Waals surface area (Å²) in [5, 5.41) is 11.1. The van der Waals surface area contributed by atoms with Gasteiger partial charge >= 0.3 is 0 Å². The number of nitrogens with zero attached hydrogens (tertiary/aromatic N) is 2. The van der Waals surface area contributed by atoms with E-state index < -0.39 is 16.7 Å². The van der Waals surface area contributed by atoms with Crippen molar-refractivity contribution in [1.29, 1.82) is 0 Å². The zero-order chi connectivity index (χ0) is 15.9. The number of rotatable bonds is 3. The molecule has 2 aromatic carbocycles. The second-order valence-electron chi connectivity index (χ2n) is 5.08. The van der Waals surface area contributed by atoms with Crippen LogP contribution >= 0.6 is 0 Å². The Morgan fingerprint density at radius 2 is 1.77 bits per heavy atom. The highest BCUT2D eigenvalue weighted by atomic mass is 16.6. The van der Waals surface area contributed by atoms with Gasteiger partial charge in [-0.1, -0.05) is 30.3 Å². The summed E-state index contributed by atoms with van der Waals surface area (Å²) in [5.41, 5.74) is 1.43. The van der Waals surface area contributed by atoms with Crippen LogP contribution in [0, 0.1) is 17.0 Å². The minimum Gasteiger partial charge on any atom is -0.270 e. The molecule has 0 N–H and O–H groups in total. The highest BCUT2D eigenvalue weighted by Crippen LogP contribution is 2.31. The molecule has 2 aromatic rings. The second kappa shape index (κ2) is 5.07. The van der Waals surface area contributed by atoms with Crippen molar-refractivity contribution in [1.82, 2.24) is 4.90 Å². The molecule has 1 aliphatic heterocycles. The summed E-state index contributed by atoms with van der Waals surface area (Å²) >= 11 is 0. The Labute approximate surface area is 126 Å². The van der Waals surface area contributed by atoms with Crippen LogP contribution in [0.15, 0.2) is 42.5 Å². The Balaban J connectivity index is 2.02. The maximum absolute atomic E-state index is 12.4. The number of hydrogen-bond acceptors (Lipinski definition) is 4. The molecule has 0 aliphatic carbocycles. The van der Waals surface area contributed by atoms with Crippen molar-refractivity contribution in [3.63, 3.8) is 0 Å². The first kappa shape index (κ1) is 13.9. The standard InChI is InChI=1S/C16H12N2O4/c1-10-5-2-3-6-11(10)9-17-15(19)12-7-4-8-13(18(21)22)14(12)16(17)20/h2-8H,9H2,1H3. The van der Waals surface area contributed by atoms with Crippen molar-refractivity contribution in [2.24, 2.45) is 0 Å². The lowest BCUT2D eigenvalue weighted by molar-refractivity contribution is -0.385. The molecule has 0 radical (unpaired) electrons. The normalized spacial score (nSPS) is 13.4. The Morgan fingerprint density at radius 3 is 2.45 bits per heavy atom. The van der Waals surface area contributed by atoms with E-state index in [1.165, 1.54) is 18.2 Å². The number of carbonyl (C=O) groups excluding carboxylic acids is 2. The average Bonchev–Trinajstić information content (AvgIpc) is 2.74. The van der Waals surface area contributed by atoms with Crippen LogP contribution in [0.5, 0.6) is 0 Å². The van der Waals surface area contributed by atoms with Crippen molar-refractivity contribution in [3.8, 4) is 0 Å².